The number of aliphatic carboxylic acids is 1. The monoisotopic (exact) mass is 167 g/mol. The van der Waals surface area contributed by atoms with Crippen LogP contribution in [0.1, 0.15) is 20.3 Å². The van der Waals surface area contributed by atoms with Gasteiger partial charge in [0.1, 0.15) is 0 Å². The van der Waals surface area contributed by atoms with Gasteiger partial charge < -0.3 is 10.8 Å². The lowest BCUT2D eigenvalue weighted by Gasteiger charge is -2.11. The third-order valence-electron chi connectivity index (χ3n) is 1.27. The number of nitrogens with two attached hydrogens (primary N) is 1. The number of hydrogen-bond acceptors (Lipinski definition) is 2. The lowest BCUT2D eigenvalue weighted by Crippen LogP contribution is -2.28. The second-order valence-corrected chi connectivity index (χ2v) is 2.51. The Hall–Kier alpha value is -0.280. The highest BCUT2D eigenvalue weighted by molar-refractivity contribution is 5.85. The summed E-state index contributed by atoms with van der Waals surface area (Å²) in [7, 11) is 0. The van der Waals surface area contributed by atoms with E-state index in [4.69, 9.17) is 10.8 Å². The zero-order valence-corrected chi connectivity index (χ0v) is 7.02. The molecule has 0 heterocycles. The van der Waals surface area contributed by atoms with E-state index in [0.29, 0.717) is 0 Å². The van der Waals surface area contributed by atoms with E-state index in [1.807, 2.05) is 13.8 Å². The van der Waals surface area contributed by atoms with Gasteiger partial charge in [0.15, 0.2) is 0 Å². The number of carbonyl (C=O) groups is 1. The van der Waals surface area contributed by atoms with Gasteiger partial charge in [-0.15, -0.1) is 12.4 Å². The van der Waals surface area contributed by atoms with Crippen LogP contribution < -0.4 is 5.73 Å². The molecule has 4 heteroatoms. The van der Waals surface area contributed by atoms with Crippen LogP contribution in [0, 0.1) is 5.92 Å². The molecule has 0 aromatic carbocycles. The maximum absolute atomic E-state index is 10.0. The Kier molecular flexibility index (Phi) is 6.82. The maximum Gasteiger partial charge on any atom is 0.304 e. The van der Waals surface area contributed by atoms with Gasteiger partial charge in [0.25, 0.3) is 0 Å². The van der Waals surface area contributed by atoms with Crippen LogP contribution in [0.3, 0.4) is 0 Å². The lowest BCUT2D eigenvalue weighted by atomic mass is 10.0. The van der Waals surface area contributed by atoms with Gasteiger partial charge in [0.2, 0.25) is 0 Å². The lowest BCUT2D eigenvalue weighted by molar-refractivity contribution is -0.137. The van der Waals surface area contributed by atoms with E-state index in [-0.39, 0.29) is 30.8 Å². The molecule has 1 unspecified atom stereocenters. The van der Waals surface area contributed by atoms with Crippen molar-refractivity contribution in [3.8, 4) is 0 Å². The van der Waals surface area contributed by atoms with Crippen molar-refractivity contribution in [1.82, 2.24) is 0 Å². The van der Waals surface area contributed by atoms with Crippen molar-refractivity contribution < 1.29 is 9.90 Å². The molecular formula is C6H14ClNO2. The molecule has 0 saturated carbocycles. The van der Waals surface area contributed by atoms with Gasteiger partial charge in [-0.05, 0) is 5.92 Å². The Morgan fingerprint density at radius 1 is 1.60 bits per heavy atom. The van der Waals surface area contributed by atoms with Crippen LogP contribution in [-0.2, 0) is 4.79 Å². The van der Waals surface area contributed by atoms with Crippen LogP contribution in [0.15, 0.2) is 0 Å². The minimum absolute atomic E-state index is 0. The summed E-state index contributed by atoms with van der Waals surface area (Å²) in [5.41, 5.74) is 5.44. The van der Waals surface area contributed by atoms with Crippen LogP contribution in [0.2, 0.25) is 0 Å². The smallest absolute Gasteiger partial charge is 0.304 e. The van der Waals surface area contributed by atoms with Gasteiger partial charge in [-0.3, -0.25) is 4.79 Å². The Balaban J connectivity index is 0. The quantitative estimate of drug-likeness (QED) is 0.656. The predicted octanol–water partition coefficient (Wildman–Crippen LogP) is 0.866. The molecule has 0 aliphatic carbocycles. The summed E-state index contributed by atoms with van der Waals surface area (Å²) in [5.74, 6) is -0.572. The summed E-state index contributed by atoms with van der Waals surface area (Å²) in [6.07, 6.45) is 0.0671. The molecular weight excluding hydrogens is 154 g/mol. The van der Waals surface area contributed by atoms with E-state index in [1.165, 1.54) is 0 Å². The first-order valence-electron chi connectivity index (χ1n) is 3.01. The first-order chi connectivity index (χ1) is 4.04. The number of hydrogen-bond donors (Lipinski definition) is 2. The minimum atomic E-state index is -0.823. The van der Waals surface area contributed by atoms with Gasteiger partial charge in [-0.1, -0.05) is 13.8 Å². The zero-order valence-electron chi connectivity index (χ0n) is 6.20. The average Bonchev–Trinajstić information content (AvgIpc) is 1.63. The fourth-order valence-corrected chi connectivity index (χ4v) is 0.437. The van der Waals surface area contributed by atoms with E-state index in [2.05, 4.69) is 0 Å². The van der Waals surface area contributed by atoms with Gasteiger partial charge in [-0.25, -0.2) is 0 Å². The van der Waals surface area contributed by atoms with Crippen molar-refractivity contribution in [3.05, 3.63) is 0 Å². The summed E-state index contributed by atoms with van der Waals surface area (Å²) < 4.78 is 0. The normalized spacial score (nSPS) is 12.4. The fourth-order valence-electron chi connectivity index (χ4n) is 0.437. The highest BCUT2D eigenvalue weighted by Gasteiger charge is 2.10. The second kappa shape index (κ2) is 5.50. The van der Waals surface area contributed by atoms with Crippen molar-refractivity contribution in [2.75, 3.05) is 0 Å². The first kappa shape index (κ1) is 12.4. The summed E-state index contributed by atoms with van der Waals surface area (Å²) in [5, 5.41) is 8.25. The molecule has 0 rings (SSSR count). The van der Waals surface area contributed by atoms with Crippen LogP contribution in [-0.4, -0.2) is 17.1 Å². The summed E-state index contributed by atoms with van der Waals surface area (Å²) in [6.45, 7) is 3.82. The Morgan fingerprint density at radius 3 is 2.10 bits per heavy atom. The molecule has 3 N–H and O–H groups in total. The summed E-state index contributed by atoms with van der Waals surface area (Å²) >= 11 is 0. The fraction of sp³-hybridized carbons (Fsp3) is 0.833. The van der Waals surface area contributed by atoms with Gasteiger partial charge >= 0.3 is 5.97 Å². The second-order valence-electron chi connectivity index (χ2n) is 2.51. The van der Waals surface area contributed by atoms with Crippen LogP contribution >= 0.6 is 12.4 Å². The third kappa shape index (κ3) is 5.85. The number of rotatable bonds is 3. The summed E-state index contributed by atoms with van der Waals surface area (Å²) in [6, 6.07) is -0.206. The maximum atomic E-state index is 10.0. The van der Waals surface area contributed by atoms with E-state index in [1.54, 1.807) is 0 Å². The zero-order chi connectivity index (χ0) is 7.44. The van der Waals surface area contributed by atoms with Crippen molar-refractivity contribution in [1.29, 1.82) is 0 Å². The van der Waals surface area contributed by atoms with Crippen molar-refractivity contribution in [2.45, 2.75) is 26.3 Å². The molecule has 0 aliphatic rings. The topological polar surface area (TPSA) is 63.3 Å². The molecule has 0 fully saturated rings. The Morgan fingerprint density at radius 2 is 2.00 bits per heavy atom. The highest BCUT2D eigenvalue weighted by atomic mass is 35.5. The molecule has 0 saturated heterocycles. The van der Waals surface area contributed by atoms with Crippen molar-refractivity contribution >= 4 is 18.4 Å². The molecule has 0 bridgehead atoms. The van der Waals surface area contributed by atoms with Gasteiger partial charge in [0.05, 0.1) is 6.42 Å². The van der Waals surface area contributed by atoms with E-state index in [9.17, 15) is 4.79 Å². The SMILES string of the molecule is CC(C)C(N)CC(=O)O.Cl. The van der Waals surface area contributed by atoms with Crippen molar-refractivity contribution in [3.63, 3.8) is 0 Å². The van der Waals surface area contributed by atoms with Gasteiger partial charge in [-0.2, -0.15) is 0 Å². The molecule has 0 amide bonds. The Labute approximate surface area is 67.0 Å². The van der Waals surface area contributed by atoms with Gasteiger partial charge in [0, 0.05) is 6.04 Å². The molecule has 0 spiro atoms. The number of carboxylic acid groups (broad SMARTS) is 1. The van der Waals surface area contributed by atoms with Crippen LogP contribution in [0.4, 0.5) is 0 Å². The third-order valence-corrected chi connectivity index (χ3v) is 1.27. The van der Waals surface area contributed by atoms with E-state index < -0.39 is 5.97 Å². The Bertz CT molecular complexity index is 106. The van der Waals surface area contributed by atoms with E-state index >= 15 is 0 Å². The largest absolute Gasteiger partial charge is 0.481 e. The first-order valence-corrected chi connectivity index (χ1v) is 3.01. The molecule has 0 aromatic rings. The number of carboxylic acids is 1. The van der Waals surface area contributed by atoms with Crippen LogP contribution in [0.5, 0.6) is 0 Å². The van der Waals surface area contributed by atoms with E-state index in [0.717, 1.165) is 0 Å². The van der Waals surface area contributed by atoms with Crippen molar-refractivity contribution in [2.24, 2.45) is 11.7 Å². The minimum Gasteiger partial charge on any atom is -0.481 e. The molecule has 0 aliphatic heterocycles. The highest BCUT2D eigenvalue weighted by Crippen LogP contribution is 2.01. The molecule has 0 radical (unpaired) electrons. The molecule has 10 heavy (non-hydrogen) atoms. The molecule has 1 atom stereocenters. The van der Waals surface area contributed by atoms with Crippen LogP contribution in [0.25, 0.3) is 0 Å². The average molecular weight is 168 g/mol. The standard InChI is InChI=1S/C6H13NO2.ClH/c1-4(2)5(7)3-6(8)9;/h4-5H,3,7H2,1-2H3,(H,8,9);1H. The molecule has 3 nitrogen and oxygen atoms in total. The summed E-state index contributed by atoms with van der Waals surface area (Å²) in [4.78, 5) is 10.0. The molecule has 62 valence electrons. The number of halogens is 1. The molecule has 0 aromatic heterocycles. The predicted molar refractivity (Wildman–Crippen MR) is 42.3 cm³/mol.